The standard InChI is InChI=1S/C17H17ClN2O4/c1-23-8-9-24-17(22)20-15-7-3-6-14(11-15)19-16(21)12-4-2-5-13(18)10-12/h2-7,10-11H,8-9H2,1H3,(H,19,21)(H,20,22). The van der Waals surface area contributed by atoms with Gasteiger partial charge in [0.15, 0.2) is 0 Å². The van der Waals surface area contributed by atoms with Crippen LogP contribution >= 0.6 is 11.6 Å². The van der Waals surface area contributed by atoms with Crippen LogP contribution in [0.3, 0.4) is 0 Å². The van der Waals surface area contributed by atoms with Crippen molar-refractivity contribution in [2.24, 2.45) is 0 Å². The zero-order valence-electron chi connectivity index (χ0n) is 13.0. The van der Waals surface area contributed by atoms with Crippen molar-refractivity contribution in [1.82, 2.24) is 0 Å². The summed E-state index contributed by atoms with van der Waals surface area (Å²) in [6, 6.07) is 13.4. The molecule has 0 aliphatic carbocycles. The fourth-order valence-electron chi connectivity index (χ4n) is 1.88. The average molecular weight is 349 g/mol. The maximum Gasteiger partial charge on any atom is 0.411 e. The van der Waals surface area contributed by atoms with Crippen molar-refractivity contribution in [3.8, 4) is 0 Å². The SMILES string of the molecule is COCCOC(=O)Nc1cccc(NC(=O)c2cccc(Cl)c2)c1. The maximum atomic E-state index is 12.2. The predicted octanol–water partition coefficient (Wildman–Crippen LogP) is 3.79. The minimum atomic E-state index is -0.592. The molecule has 24 heavy (non-hydrogen) atoms. The lowest BCUT2D eigenvalue weighted by atomic mass is 10.2. The van der Waals surface area contributed by atoms with Crippen LogP contribution in [0.2, 0.25) is 5.02 Å². The fourth-order valence-corrected chi connectivity index (χ4v) is 2.07. The number of halogens is 1. The zero-order valence-corrected chi connectivity index (χ0v) is 13.8. The molecule has 2 aromatic carbocycles. The van der Waals surface area contributed by atoms with E-state index in [0.29, 0.717) is 28.6 Å². The van der Waals surface area contributed by atoms with Gasteiger partial charge in [-0.15, -0.1) is 0 Å². The van der Waals surface area contributed by atoms with E-state index in [1.54, 1.807) is 48.5 Å². The molecule has 2 rings (SSSR count). The number of nitrogens with one attached hydrogen (secondary N) is 2. The van der Waals surface area contributed by atoms with Crippen LogP contribution in [0.15, 0.2) is 48.5 Å². The van der Waals surface area contributed by atoms with Crippen molar-refractivity contribution in [2.45, 2.75) is 0 Å². The van der Waals surface area contributed by atoms with Crippen LogP contribution in [0.1, 0.15) is 10.4 Å². The number of hydrogen-bond donors (Lipinski definition) is 2. The number of hydrogen-bond acceptors (Lipinski definition) is 4. The van der Waals surface area contributed by atoms with E-state index < -0.39 is 6.09 Å². The summed E-state index contributed by atoms with van der Waals surface area (Å²) < 4.78 is 9.71. The molecule has 0 aliphatic rings. The zero-order chi connectivity index (χ0) is 17.4. The molecule has 0 aromatic heterocycles. The van der Waals surface area contributed by atoms with E-state index in [4.69, 9.17) is 21.1 Å². The van der Waals surface area contributed by atoms with Crippen molar-refractivity contribution >= 4 is 35.0 Å². The molecule has 0 unspecified atom stereocenters. The number of amides is 2. The van der Waals surface area contributed by atoms with E-state index in [-0.39, 0.29) is 12.5 Å². The fraction of sp³-hybridized carbons (Fsp3) is 0.176. The van der Waals surface area contributed by atoms with Crippen LogP contribution in [0, 0.1) is 0 Å². The van der Waals surface area contributed by atoms with Gasteiger partial charge in [-0.2, -0.15) is 0 Å². The summed E-state index contributed by atoms with van der Waals surface area (Å²) in [7, 11) is 1.52. The number of methoxy groups -OCH3 is 1. The minimum Gasteiger partial charge on any atom is -0.447 e. The Kier molecular flexibility index (Phi) is 6.60. The Balaban J connectivity index is 1.97. The normalized spacial score (nSPS) is 10.1. The number of anilines is 2. The van der Waals surface area contributed by atoms with Gasteiger partial charge in [0.1, 0.15) is 6.61 Å². The number of carbonyl (C=O) groups is 2. The Labute approximate surface area is 144 Å². The lowest BCUT2D eigenvalue weighted by Crippen LogP contribution is -2.17. The van der Waals surface area contributed by atoms with E-state index in [0.717, 1.165) is 0 Å². The molecule has 0 bridgehead atoms. The Bertz CT molecular complexity index is 721. The number of carbonyl (C=O) groups excluding carboxylic acids is 2. The minimum absolute atomic E-state index is 0.160. The number of rotatable bonds is 6. The first-order valence-corrected chi connectivity index (χ1v) is 7.56. The van der Waals surface area contributed by atoms with Crippen molar-refractivity contribution in [3.63, 3.8) is 0 Å². The van der Waals surface area contributed by atoms with E-state index in [1.807, 2.05) is 0 Å². The molecule has 0 saturated heterocycles. The molecule has 2 amide bonds. The molecule has 2 aromatic rings. The molecule has 6 nitrogen and oxygen atoms in total. The molecule has 0 radical (unpaired) electrons. The second-order valence-electron chi connectivity index (χ2n) is 4.80. The maximum absolute atomic E-state index is 12.2. The van der Waals surface area contributed by atoms with Crippen LogP contribution < -0.4 is 10.6 Å². The summed E-state index contributed by atoms with van der Waals surface area (Å²) in [4.78, 5) is 23.8. The third-order valence-corrected chi connectivity index (χ3v) is 3.21. The summed E-state index contributed by atoms with van der Waals surface area (Å²) in [5, 5.41) is 5.80. The molecular formula is C17H17ClN2O4. The second kappa shape index (κ2) is 8.90. The van der Waals surface area contributed by atoms with E-state index in [2.05, 4.69) is 10.6 Å². The van der Waals surface area contributed by atoms with Crippen molar-refractivity contribution in [1.29, 1.82) is 0 Å². The second-order valence-corrected chi connectivity index (χ2v) is 5.24. The van der Waals surface area contributed by atoms with Crippen LogP contribution in [-0.4, -0.2) is 32.3 Å². The van der Waals surface area contributed by atoms with E-state index in [9.17, 15) is 9.59 Å². The molecule has 2 N–H and O–H groups in total. The molecule has 0 spiro atoms. The van der Waals surface area contributed by atoms with Crippen LogP contribution in [-0.2, 0) is 9.47 Å². The Hall–Kier alpha value is -2.57. The molecule has 0 heterocycles. The Morgan fingerprint density at radius 3 is 2.42 bits per heavy atom. The molecule has 7 heteroatoms. The van der Waals surface area contributed by atoms with Gasteiger partial charge in [0.25, 0.3) is 5.91 Å². The third-order valence-electron chi connectivity index (χ3n) is 2.97. The number of ether oxygens (including phenoxy) is 2. The summed E-state index contributed by atoms with van der Waals surface area (Å²) >= 11 is 5.88. The first kappa shape index (κ1) is 17.8. The number of benzene rings is 2. The molecule has 0 saturated carbocycles. The van der Waals surface area contributed by atoms with Crippen molar-refractivity contribution in [2.75, 3.05) is 31.0 Å². The molecule has 0 fully saturated rings. The van der Waals surface area contributed by atoms with Gasteiger partial charge in [-0.05, 0) is 36.4 Å². The highest BCUT2D eigenvalue weighted by Gasteiger charge is 2.08. The highest BCUT2D eigenvalue weighted by molar-refractivity contribution is 6.31. The summed E-state index contributed by atoms with van der Waals surface area (Å²) in [6.45, 7) is 0.483. The topological polar surface area (TPSA) is 76.7 Å². The van der Waals surface area contributed by atoms with Gasteiger partial charge in [-0.1, -0.05) is 23.7 Å². The van der Waals surface area contributed by atoms with E-state index in [1.165, 1.54) is 7.11 Å². The van der Waals surface area contributed by atoms with Gasteiger partial charge < -0.3 is 14.8 Å². The summed E-state index contributed by atoms with van der Waals surface area (Å²) in [6.07, 6.45) is -0.592. The van der Waals surface area contributed by atoms with Gasteiger partial charge >= 0.3 is 6.09 Å². The van der Waals surface area contributed by atoms with Crippen LogP contribution in [0.5, 0.6) is 0 Å². The summed E-state index contributed by atoms with van der Waals surface area (Å²) in [5.41, 5.74) is 1.48. The van der Waals surface area contributed by atoms with Gasteiger partial charge in [-0.25, -0.2) is 4.79 Å². The van der Waals surface area contributed by atoms with E-state index >= 15 is 0 Å². The molecule has 0 aliphatic heterocycles. The monoisotopic (exact) mass is 348 g/mol. The quantitative estimate of drug-likeness (QED) is 0.779. The molecule has 126 valence electrons. The van der Waals surface area contributed by atoms with Crippen LogP contribution in [0.4, 0.5) is 16.2 Å². The lowest BCUT2D eigenvalue weighted by molar-refractivity contribution is 0.102. The highest BCUT2D eigenvalue weighted by atomic mass is 35.5. The predicted molar refractivity (Wildman–Crippen MR) is 92.7 cm³/mol. The Morgan fingerprint density at radius 1 is 1.00 bits per heavy atom. The summed E-state index contributed by atoms with van der Waals surface area (Å²) in [5.74, 6) is -0.294. The first-order valence-electron chi connectivity index (χ1n) is 7.18. The molecule has 0 atom stereocenters. The largest absolute Gasteiger partial charge is 0.447 e. The third kappa shape index (κ3) is 5.57. The Morgan fingerprint density at radius 2 is 1.71 bits per heavy atom. The average Bonchev–Trinajstić information content (AvgIpc) is 2.55. The van der Waals surface area contributed by atoms with Gasteiger partial charge in [-0.3, -0.25) is 10.1 Å². The first-order chi connectivity index (χ1) is 11.6. The molecular weight excluding hydrogens is 332 g/mol. The van der Waals surface area contributed by atoms with Gasteiger partial charge in [0, 0.05) is 29.1 Å². The van der Waals surface area contributed by atoms with Crippen molar-refractivity contribution < 1.29 is 19.1 Å². The van der Waals surface area contributed by atoms with Crippen LogP contribution in [0.25, 0.3) is 0 Å². The lowest BCUT2D eigenvalue weighted by Gasteiger charge is -2.09. The van der Waals surface area contributed by atoms with Gasteiger partial charge in [0.2, 0.25) is 0 Å². The van der Waals surface area contributed by atoms with Gasteiger partial charge in [0.05, 0.1) is 6.61 Å². The van der Waals surface area contributed by atoms with Crippen molar-refractivity contribution in [3.05, 3.63) is 59.1 Å². The highest BCUT2D eigenvalue weighted by Crippen LogP contribution is 2.17. The smallest absolute Gasteiger partial charge is 0.411 e.